The lowest BCUT2D eigenvalue weighted by Crippen LogP contribution is -2.02. The monoisotopic (exact) mass is 257 g/mol. The van der Waals surface area contributed by atoms with E-state index < -0.39 is 0 Å². The fourth-order valence-corrected chi connectivity index (χ4v) is 1.89. The average Bonchev–Trinajstić information content (AvgIpc) is 2.81. The first kappa shape index (κ1) is 11.6. The molecule has 96 valence electrons. The maximum Gasteiger partial charge on any atom is 0.163 e. The molecule has 0 bridgehead atoms. The van der Waals surface area contributed by atoms with Crippen LogP contribution in [0.25, 0.3) is 11.0 Å². The molecule has 6 heteroatoms. The van der Waals surface area contributed by atoms with Gasteiger partial charge in [0.15, 0.2) is 5.65 Å². The smallest absolute Gasteiger partial charge is 0.163 e. The molecule has 0 aliphatic carbocycles. The normalized spacial score (nSPS) is 10.8. The van der Waals surface area contributed by atoms with Gasteiger partial charge in [0.25, 0.3) is 0 Å². The van der Waals surface area contributed by atoms with Crippen molar-refractivity contribution < 1.29 is 4.39 Å². The molecule has 1 aromatic carbocycles. The molecule has 5 nitrogen and oxygen atoms in total. The van der Waals surface area contributed by atoms with Crippen LogP contribution in [0.3, 0.4) is 0 Å². The van der Waals surface area contributed by atoms with Crippen LogP contribution in [-0.4, -0.2) is 19.7 Å². The maximum atomic E-state index is 12.8. The van der Waals surface area contributed by atoms with Crippen LogP contribution in [0.2, 0.25) is 0 Å². The van der Waals surface area contributed by atoms with Gasteiger partial charge in [-0.05, 0) is 17.7 Å². The van der Waals surface area contributed by atoms with Gasteiger partial charge in [-0.3, -0.25) is 4.68 Å². The highest BCUT2D eigenvalue weighted by atomic mass is 19.1. The maximum absolute atomic E-state index is 12.8. The van der Waals surface area contributed by atoms with Gasteiger partial charge in [-0.1, -0.05) is 12.1 Å². The molecule has 0 saturated carbocycles. The first-order valence-corrected chi connectivity index (χ1v) is 5.85. The van der Waals surface area contributed by atoms with E-state index in [1.165, 1.54) is 18.5 Å². The number of hydrogen-bond donors (Lipinski definition) is 1. The molecule has 3 aromatic rings. The van der Waals surface area contributed by atoms with Crippen LogP contribution in [0.4, 0.5) is 10.2 Å². The van der Waals surface area contributed by atoms with E-state index in [0.717, 1.165) is 22.4 Å². The summed E-state index contributed by atoms with van der Waals surface area (Å²) >= 11 is 0. The zero-order valence-electron chi connectivity index (χ0n) is 10.3. The Bertz CT molecular complexity index is 705. The molecule has 3 rings (SSSR count). The fraction of sp³-hybridized carbons (Fsp3) is 0.154. The largest absolute Gasteiger partial charge is 0.365 e. The van der Waals surface area contributed by atoms with Gasteiger partial charge in [0.05, 0.1) is 11.6 Å². The molecule has 0 radical (unpaired) electrons. The molecule has 0 unspecified atom stereocenters. The summed E-state index contributed by atoms with van der Waals surface area (Å²) in [4.78, 5) is 8.37. The van der Waals surface area contributed by atoms with Crippen molar-refractivity contribution >= 4 is 16.9 Å². The Hall–Kier alpha value is -2.50. The molecule has 0 amide bonds. The van der Waals surface area contributed by atoms with E-state index in [0.29, 0.717) is 6.54 Å². The third-order valence-corrected chi connectivity index (χ3v) is 2.90. The Balaban J connectivity index is 1.83. The molecule has 0 fully saturated rings. The minimum atomic E-state index is -0.236. The second-order valence-electron chi connectivity index (χ2n) is 4.21. The minimum absolute atomic E-state index is 0.236. The van der Waals surface area contributed by atoms with Crippen LogP contribution in [0, 0.1) is 5.82 Å². The summed E-state index contributed by atoms with van der Waals surface area (Å²) in [5.41, 5.74) is 1.76. The highest BCUT2D eigenvalue weighted by Gasteiger charge is 2.07. The highest BCUT2D eigenvalue weighted by molar-refractivity contribution is 5.85. The molecule has 0 aliphatic rings. The van der Waals surface area contributed by atoms with Gasteiger partial charge in [-0.25, -0.2) is 14.4 Å². The molecule has 0 saturated heterocycles. The van der Waals surface area contributed by atoms with Crippen LogP contribution in [0.1, 0.15) is 5.56 Å². The highest BCUT2D eigenvalue weighted by Crippen LogP contribution is 2.18. The summed E-state index contributed by atoms with van der Waals surface area (Å²) in [5.74, 6) is 0.489. The molecule has 1 N–H and O–H groups in total. The standard InChI is InChI=1S/C13H12FN5/c1-19-13-11(7-18-19)12(16-8-17-13)15-6-9-2-4-10(14)5-3-9/h2-5,7-8H,6H2,1H3,(H,15,16,17). The van der Waals surface area contributed by atoms with Crippen molar-refractivity contribution in [3.05, 3.63) is 48.2 Å². The van der Waals surface area contributed by atoms with Crippen molar-refractivity contribution in [2.45, 2.75) is 6.54 Å². The SMILES string of the molecule is Cn1ncc2c(NCc3ccc(F)cc3)ncnc21. The Morgan fingerprint density at radius 3 is 2.79 bits per heavy atom. The molecular formula is C13H12FN5. The van der Waals surface area contributed by atoms with Gasteiger partial charge in [0, 0.05) is 13.6 Å². The summed E-state index contributed by atoms with van der Waals surface area (Å²) in [6.07, 6.45) is 3.22. The van der Waals surface area contributed by atoms with Gasteiger partial charge >= 0.3 is 0 Å². The molecule has 0 atom stereocenters. The number of aromatic nitrogens is 4. The zero-order valence-corrected chi connectivity index (χ0v) is 10.3. The first-order valence-electron chi connectivity index (χ1n) is 5.85. The third-order valence-electron chi connectivity index (χ3n) is 2.90. The second kappa shape index (κ2) is 4.64. The summed E-state index contributed by atoms with van der Waals surface area (Å²) in [7, 11) is 1.83. The summed E-state index contributed by atoms with van der Waals surface area (Å²) in [5, 5.41) is 8.23. The fourth-order valence-electron chi connectivity index (χ4n) is 1.89. The van der Waals surface area contributed by atoms with Crippen molar-refractivity contribution in [2.24, 2.45) is 7.05 Å². The Labute approximate surface area is 109 Å². The predicted molar refractivity (Wildman–Crippen MR) is 70.0 cm³/mol. The lowest BCUT2D eigenvalue weighted by molar-refractivity contribution is 0.627. The van der Waals surface area contributed by atoms with Crippen molar-refractivity contribution in [2.75, 3.05) is 5.32 Å². The molecule has 2 heterocycles. The summed E-state index contributed by atoms with van der Waals surface area (Å²) in [6.45, 7) is 0.571. The molecular weight excluding hydrogens is 245 g/mol. The van der Waals surface area contributed by atoms with E-state index in [1.807, 2.05) is 7.05 Å². The number of rotatable bonds is 3. The van der Waals surface area contributed by atoms with Gasteiger partial charge in [-0.2, -0.15) is 5.10 Å². The van der Waals surface area contributed by atoms with Gasteiger partial charge in [-0.15, -0.1) is 0 Å². The van der Waals surface area contributed by atoms with Crippen LogP contribution in [-0.2, 0) is 13.6 Å². The third kappa shape index (κ3) is 2.24. The average molecular weight is 257 g/mol. The number of anilines is 1. The van der Waals surface area contributed by atoms with Crippen LogP contribution < -0.4 is 5.32 Å². The van der Waals surface area contributed by atoms with E-state index in [1.54, 1.807) is 23.0 Å². The predicted octanol–water partition coefficient (Wildman–Crippen LogP) is 2.11. The topological polar surface area (TPSA) is 55.6 Å². The van der Waals surface area contributed by atoms with Crippen LogP contribution >= 0.6 is 0 Å². The van der Waals surface area contributed by atoms with Crippen molar-refractivity contribution in [3.63, 3.8) is 0 Å². The van der Waals surface area contributed by atoms with Crippen molar-refractivity contribution in [1.29, 1.82) is 0 Å². The number of fused-ring (bicyclic) bond motifs is 1. The van der Waals surface area contributed by atoms with Gasteiger partial charge < -0.3 is 5.32 Å². The van der Waals surface area contributed by atoms with E-state index in [4.69, 9.17) is 0 Å². The molecule has 19 heavy (non-hydrogen) atoms. The lowest BCUT2D eigenvalue weighted by Gasteiger charge is -2.06. The quantitative estimate of drug-likeness (QED) is 0.780. The van der Waals surface area contributed by atoms with E-state index in [2.05, 4.69) is 20.4 Å². The van der Waals surface area contributed by atoms with Gasteiger partial charge in [0.1, 0.15) is 18.0 Å². The Morgan fingerprint density at radius 1 is 1.21 bits per heavy atom. The van der Waals surface area contributed by atoms with E-state index in [-0.39, 0.29) is 5.82 Å². The summed E-state index contributed by atoms with van der Waals surface area (Å²) < 4.78 is 14.5. The second-order valence-corrected chi connectivity index (χ2v) is 4.21. The number of nitrogens with one attached hydrogen (secondary N) is 1. The molecule has 2 aromatic heterocycles. The molecule has 0 aliphatic heterocycles. The van der Waals surface area contributed by atoms with Crippen LogP contribution in [0.15, 0.2) is 36.8 Å². The number of nitrogens with zero attached hydrogens (tertiary/aromatic N) is 4. The zero-order chi connectivity index (χ0) is 13.2. The number of aryl methyl sites for hydroxylation is 1. The van der Waals surface area contributed by atoms with Crippen LogP contribution in [0.5, 0.6) is 0 Å². The van der Waals surface area contributed by atoms with E-state index in [9.17, 15) is 4.39 Å². The van der Waals surface area contributed by atoms with Gasteiger partial charge in [0.2, 0.25) is 0 Å². The Kier molecular flexibility index (Phi) is 2.83. The van der Waals surface area contributed by atoms with E-state index >= 15 is 0 Å². The van der Waals surface area contributed by atoms with Crippen molar-refractivity contribution in [3.8, 4) is 0 Å². The molecule has 0 spiro atoms. The number of halogens is 1. The van der Waals surface area contributed by atoms with Crippen molar-refractivity contribution in [1.82, 2.24) is 19.7 Å². The summed E-state index contributed by atoms with van der Waals surface area (Å²) in [6, 6.07) is 6.36. The number of hydrogen-bond acceptors (Lipinski definition) is 4. The number of benzene rings is 1. The minimum Gasteiger partial charge on any atom is -0.365 e. The first-order chi connectivity index (χ1) is 9.24. The Morgan fingerprint density at radius 2 is 2.00 bits per heavy atom. The lowest BCUT2D eigenvalue weighted by atomic mass is 10.2.